The molecule has 18 heavy (non-hydrogen) atoms. The quantitative estimate of drug-likeness (QED) is 0.806. The van der Waals surface area contributed by atoms with Gasteiger partial charge >= 0.3 is 0 Å². The molecule has 0 aromatic heterocycles. The van der Waals surface area contributed by atoms with E-state index in [2.05, 4.69) is 27.9 Å². The van der Waals surface area contributed by atoms with Gasteiger partial charge in [0.15, 0.2) is 0 Å². The van der Waals surface area contributed by atoms with E-state index in [1.807, 2.05) is 19.2 Å². The Hall–Kier alpha value is -0.180. The monoisotopic (exact) mass is 380 g/mol. The van der Waals surface area contributed by atoms with Gasteiger partial charge in [-0.05, 0) is 72.8 Å². The second kappa shape index (κ2) is 5.85. The average molecular weight is 380 g/mol. The van der Waals surface area contributed by atoms with E-state index in [4.69, 9.17) is 0 Å². The number of sulfonamides is 1. The number of rotatable bonds is 4. The molecule has 1 aliphatic rings. The van der Waals surface area contributed by atoms with Gasteiger partial charge in [-0.15, -0.1) is 0 Å². The third-order valence-corrected chi connectivity index (χ3v) is 5.79. The number of halogens is 1. The van der Waals surface area contributed by atoms with Crippen molar-refractivity contribution in [3.63, 3.8) is 0 Å². The first-order valence-corrected chi connectivity index (χ1v) is 8.46. The zero-order chi connectivity index (χ0) is 13.2. The zero-order valence-electron chi connectivity index (χ0n) is 10.3. The van der Waals surface area contributed by atoms with Crippen molar-refractivity contribution in [1.29, 1.82) is 0 Å². The molecule has 1 saturated heterocycles. The van der Waals surface area contributed by atoms with Crippen LogP contribution in [0.4, 0.5) is 0 Å². The SMILES string of the molecule is CNCC1CCN(S(=O)(=O)c2ccc(I)cc2)C1. The number of hydrogen-bond acceptors (Lipinski definition) is 3. The Bertz CT molecular complexity index is 501. The van der Waals surface area contributed by atoms with E-state index in [1.165, 1.54) is 0 Å². The van der Waals surface area contributed by atoms with Gasteiger partial charge in [-0.25, -0.2) is 8.42 Å². The molecular weight excluding hydrogens is 363 g/mol. The second-order valence-corrected chi connectivity index (χ2v) is 7.71. The van der Waals surface area contributed by atoms with E-state index in [1.54, 1.807) is 16.4 Å². The minimum absolute atomic E-state index is 0.396. The van der Waals surface area contributed by atoms with Crippen LogP contribution in [0.1, 0.15) is 6.42 Å². The predicted molar refractivity (Wildman–Crippen MR) is 80.0 cm³/mol. The van der Waals surface area contributed by atoms with Crippen LogP contribution in [-0.2, 0) is 10.0 Å². The van der Waals surface area contributed by atoms with Crippen LogP contribution in [0.25, 0.3) is 0 Å². The van der Waals surface area contributed by atoms with Gasteiger partial charge in [0.05, 0.1) is 4.90 Å². The molecule has 0 bridgehead atoms. The van der Waals surface area contributed by atoms with Crippen molar-refractivity contribution in [2.24, 2.45) is 5.92 Å². The molecule has 1 fully saturated rings. The number of nitrogens with zero attached hydrogens (tertiary/aromatic N) is 1. The van der Waals surface area contributed by atoms with Gasteiger partial charge in [0.25, 0.3) is 0 Å². The summed E-state index contributed by atoms with van der Waals surface area (Å²) in [6.07, 6.45) is 0.935. The molecule has 1 heterocycles. The average Bonchev–Trinajstić information content (AvgIpc) is 2.79. The molecule has 0 spiro atoms. The first-order chi connectivity index (χ1) is 8.54. The van der Waals surface area contributed by atoms with Crippen LogP contribution in [0.15, 0.2) is 29.2 Å². The van der Waals surface area contributed by atoms with E-state index >= 15 is 0 Å². The fourth-order valence-corrected chi connectivity index (χ4v) is 4.12. The number of nitrogens with one attached hydrogen (secondary N) is 1. The Morgan fingerprint density at radius 2 is 2.06 bits per heavy atom. The lowest BCUT2D eigenvalue weighted by atomic mass is 10.1. The van der Waals surface area contributed by atoms with E-state index in [-0.39, 0.29) is 0 Å². The van der Waals surface area contributed by atoms with Crippen molar-refractivity contribution in [1.82, 2.24) is 9.62 Å². The van der Waals surface area contributed by atoms with Crippen LogP contribution in [0.5, 0.6) is 0 Å². The lowest BCUT2D eigenvalue weighted by Gasteiger charge is -2.16. The van der Waals surface area contributed by atoms with Crippen molar-refractivity contribution >= 4 is 32.6 Å². The van der Waals surface area contributed by atoms with Crippen molar-refractivity contribution < 1.29 is 8.42 Å². The molecule has 1 unspecified atom stereocenters. The number of benzene rings is 1. The standard InChI is InChI=1S/C12H17IN2O2S/c1-14-8-10-6-7-15(9-10)18(16,17)12-4-2-11(13)3-5-12/h2-5,10,14H,6-9H2,1H3. The molecule has 6 heteroatoms. The summed E-state index contributed by atoms with van der Waals surface area (Å²) >= 11 is 2.17. The molecule has 100 valence electrons. The molecule has 0 saturated carbocycles. The highest BCUT2D eigenvalue weighted by molar-refractivity contribution is 14.1. The van der Waals surface area contributed by atoms with Gasteiger partial charge in [-0.2, -0.15) is 4.31 Å². The van der Waals surface area contributed by atoms with E-state index in [9.17, 15) is 8.42 Å². The summed E-state index contributed by atoms with van der Waals surface area (Å²) in [5.41, 5.74) is 0. The molecular formula is C12H17IN2O2S. The van der Waals surface area contributed by atoms with Crippen LogP contribution in [0.3, 0.4) is 0 Å². The van der Waals surface area contributed by atoms with E-state index in [0.717, 1.165) is 16.5 Å². The van der Waals surface area contributed by atoms with Crippen LogP contribution in [0, 0.1) is 9.49 Å². The summed E-state index contributed by atoms with van der Waals surface area (Å²) in [5, 5.41) is 3.11. The largest absolute Gasteiger partial charge is 0.319 e. The smallest absolute Gasteiger partial charge is 0.243 e. The third-order valence-electron chi connectivity index (χ3n) is 3.19. The Morgan fingerprint density at radius 1 is 1.39 bits per heavy atom. The highest BCUT2D eigenvalue weighted by atomic mass is 127. The van der Waals surface area contributed by atoms with Crippen LogP contribution in [-0.4, -0.2) is 39.4 Å². The Labute approximate surface area is 122 Å². The zero-order valence-corrected chi connectivity index (χ0v) is 13.2. The molecule has 1 atom stereocenters. The van der Waals surface area contributed by atoms with Crippen molar-refractivity contribution in [2.75, 3.05) is 26.7 Å². The lowest BCUT2D eigenvalue weighted by molar-refractivity contribution is 0.451. The Balaban J connectivity index is 2.15. The van der Waals surface area contributed by atoms with E-state index < -0.39 is 10.0 Å². The summed E-state index contributed by atoms with van der Waals surface area (Å²) in [6.45, 7) is 2.12. The van der Waals surface area contributed by atoms with Gasteiger partial charge in [0.2, 0.25) is 10.0 Å². The molecule has 1 aliphatic heterocycles. The van der Waals surface area contributed by atoms with Crippen LogP contribution >= 0.6 is 22.6 Å². The van der Waals surface area contributed by atoms with Gasteiger partial charge in [0.1, 0.15) is 0 Å². The molecule has 1 aromatic rings. The normalized spacial score (nSPS) is 21.3. The lowest BCUT2D eigenvalue weighted by Crippen LogP contribution is -2.30. The maximum Gasteiger partial charge on any atom is 0.243 e. The van der Waals surface area contributed by atoms with Crippen molar-refractivity contribution in [3.8, 4) is 0 Å². The molecule has 2 rings (SSSR count). The first-order valence-electron chi connectivity index (χ1n) is 5.94. The summed E-state index contributed by atoms with van der Waals surface area (Å²) in [6, 6.07) is 7.02. The molecule has 0 radical (unpaired) electrons. The minimum Gasteiger partial charge on any atom is -0.319 e. The first kappa shape index (κ1) is 14.2. The van der Waals surface area contributed by atoms with Gasteiger partial charge in [0, 0.05) is 16.7 Å². The maximum atomic E-state index is 12.4. The molecule has 0 aliphatic carbocycles. The van der Waals surface area contributed by atoms with Gasteiger partial charge < -0.3 is 5.32 Å². The Morgan fingerprint density at radius 3 is 2.67 bits per heavy atom. The van der Waals surface area contributed by atoms with Gasteiger partial charge in [-0.3, -0.25) is 0 Å². The maximum absolute atomic E-state index is 12.4. The highest BCUT2D eigenvalue weighted by Gasteiger charge is 2.31. The van der Waals surface area contributed by atoms with Crippen LogP contribution < -0.4 is 5.32 Å². The van der Waals surface area contributed by atoms with Crippen molar-refractivity contribution in [2.45, 2.75) is 11.3 Å². The van der Waals surface area contributed by atoms with Crippen molar-refractivity contribution in [3.05, 3.63) is 27.8 Å². The minimum atomic E-state index is -3.30. The Kier molecular flexibility index (Phi) is 4.63. The summed E-state index contributed by atoms with van der Waals surface area (Å²) < 4.78 is 27.4. The highest BCUT2D eigenvalue weighted by Crippen LogP contribution is 2.24. The topological polar surface area (TPSA) is 49.4 Å². The van der Waals surface area contributed by atoms with E-state index in [0.29, 0.717) is 23.9 Å². The fourth-order valence-electron chi connectivity index (χ4n) is 2.23. The summed E-state index contributed by atoms with van der Waals surface area (Å²) in [7, 11) is -1.41. The third kappa shape index (κ3) is 3.04. The molecule has 1 N–H and O–H groups in total. The summed E-state index contributed by atoms with van der Waals surface area (Å²) in [4.78, 5) is 0.396. The predicted octanol–water partition coefficient (Wildman–Crippen LogP) is 1.52. The number of hydrogen-bond donors (Lipinski definition) is 1. The van der Waals surface area contributed by atoms with Crippen LogP contribution in [0.2, 0.25) is 0 Å². The second-order valence-electron chi connectivity index (χ2n) is 4.53. The molecule has 1 aromatic carbocycles. The fraction of sp³-hybridized carbons (Fsp3) is 0.500. The molecule has 0 amide bonds. The summed E-state index contributed by atoms with van der Waals surface area (Å²) in [5.74, 6) is 0.425. The van der Waals surface area contributed by atoms with Gasteiger partial charge in [-0.1, -0.05) is 0 Å². The molecule has 4 nitrogen and oxygen atoms in total.